The Morgan fingerprint density at radius 1 is 0.500 bits per heavy atom. The minimum atomic E-state index is -0.381. The van der Waals surface area contributed by atoms with Gasteiger partial charge in [-0.3, -0.25) is 0 Å². The number of rotatable bonds is 8. The normalized spacial score (nSPS) is 11.2. The molecule has 0 bridgehead atoms. The molecular formula is C49H39NO2. The molecule has 0 radical (unpaired) electrons. The topological polar surface area (TPSA) is 29.5 Å². The summed E-state index contributed by atoms with van der Waals surface area (Å²) in [7, 11) is 0. The summed E-state index contributed by atoms with van der Waals surface area (Å²) in [5.41, 5.74) is 10.7. The number of esters is 1. The van der Waals surface area contributed by atoms with Crippen LogP contribution in [-0.2, 0) is 0 Å². The SMILES string of the molecule is Cc1ccc(C(C)C)cc1-c1ccc(OC(=O)c2ccc(-c3ccc(N(c4ccc5ccccc5c4)c4ccc5ccccc5c4)cc3)cc2)cc1. The number of aryl methyl sites for hydroxylation is 1. The van der Waals surface area contributed by atoms with E-state index >= 15 is 0 Å². The van der Waals surface area contributed by atoms with Crippen LogP contribution >= 0.6 is 0 Å². The maximum absolute atomic E-state index is 13.1. The predicted molar refractivity (Wildman–Crippen MR) is 217 cm³/mol. The monoisotopic (exact) mass is 673 g/mol. The van der Waals surface area contributed by atoms with Gasteiger partial charge in [0.25, 0.3) is 0 Å². The van der Waals surface area contributed by atoms with Gasteiger partial charge in [0.1, 0.15) is 5.75 Å². The average molecular weight is 674 g/mol. The molecule has 0 saturated heterocycles. The molecule has 3 heteroatoms. The Balaban J connectivity index is 1.02. The molecule has 52 heavy (non-hydrogen) atoms. The number of carbonyl (C=O) groups excluding carboxylic acids is 1. The van der Waals surface area contributed by atoms with Crippen LogP contribution in [0.4, 0.5) is 17.1 Å². The second-order valence-electron chi connectivity index (χ2n) is 13.7. The Morgan fingerprint density at radius 2 is 1.00 bits per heavy atom. The number of fused-ring (bicyclic) bond motifs is 2. The van der Waals surface area contributed by atoms with E-state index in [1.54, 1.807) is 0 Å². The highest BCUT2D eigenvalue weighted by Gasteiger charge is 2.15. The molecule has 0 atom stereocenters. The average Bonchev–Trinajstić information content (AvgIpc) is 3.19. The van der Waals surface area contributed by atoms with Gasteiger partial charge in [0.2, 0.25) is 0 Å². The molecule has 0 unspecified atom stereocenters. The van der Waals surface area contributed by atoms with Gasteiger partial charge in [0.05, 0.1) is 5.56 Å². The van der Waals surface area contributed by atoms with Crippen molar-refractivity contribution in [2.45, 2.75) is 26.7 Å². The number of benzene rings is 8. The highest BCUT2D eigenvalue weighted by molar-refractivity contribution is 5.93. The van der Waals surface area contributed by atoms with Gasteiger partial charge in [-0.1, -0.05) is 129 Å². The zero-order valence-corrected chi connectivity index (χ0v) is 29.6. The molecule has 8 aromatic carbocycles. The highest BCUT2D eigenvalue weighted by atomic mass is 16.5. The predicted octanol–water partition coefficient (Wildman–Crippen LogP) is 13.4. The Labute approximate surface area is 305 Å². The zero-order valence-electron chi connectivity index (χ0n) is 29.6. The largest absolute Gasteiger partial charge is 0.423 e. The lowest BCUT2D eigenvalue weighted by molar-refractivity contribution is 0.0735. The first-order valence-electron chi connectivity index (χ1n) is 17.8. The van der Waals surface area contributed by atoms with Crippen molar-refractivity contribution in [1.29, 1.82) is 0 Å². The smallest absolute Gasteiger partial charge is 0.343 e. The fraction of sp³-hybridized carbons (Fsp3) is 0.0816. The van der Waals surface area contributed by atoms with E-state index < -0.39 is 0 Å². The quantitative estimate of drug-likeness (QED) is 0.119. The number of nitrogens with zero attached hydrogens (tertiary/aromatic N) is 1. The van der Waals surface area contributed by atoms with Crippen LogP contribution in [-0.4, -0.2) is 5.97 Å². The molecule has 0 aliphatic heterocycles. The van der Waals surface area contributed by atoms with Crippen LogP contribution in [0.2, 0.25) is 0 Å². The van der Waals surface area contributed by atoms with Crippen LogP contribution in [0.25, 0.3) is 43.8 Å². The van der Waals surface area contributed by atoms with Gasteiger partial charge in [0.15, 0.2) is 0 Å². The second kappa shape index (κ2) is 14.0. The summed E-state index contributed by atoms with van der Waals surface area (Å²) >= 11 is 0. The molecule has 0 spiro atoms. The van der Waals surface area contributed by atoms with Gasteiger partial charge in [-0.15, -0.1) is 0 Å². The van der Waals surface area contributed by atoms with Crippen molar-refractivity contribution in [3.05, 3.63) is 193 Å². The minimum absolute atomic E-state index is 0.381. The molecule has 252 valence electrons. The Kier molecular flexibility index (Phi) is 8.84. The number of carbonyl (C=O) groups is 1. The standard InChI is InChI=1S/C49H39NO2/c1-33(2)41-13-12-34(3)48(32-41)39-22-28-47(29-23-39)52-49(51)40-16-14-37(15-17-40)38-18-24-44(25-19-38)50(45-26-20-35-8-4-6-10-42(35)30-45)46-27-21-36-9-5-7-11-43(36)31-46/h4-33H,1-3H3. The van der Waals surface area contributed by atoms with Gasteiger partial charge < -0.3 is 9.64 Å². The maximum atomic E-state index is 13.1. The van der Waals surface area contributed by atoms with Gasteiger partial charge >= 0.3 is 5.97 Å². The Bertz CT molecular complexity index is 2450. The van der Waals surface area contributed by atoms with Gasteiger partial charge in [-0.05, 0) is 128 Å². The lowest BCUT2D eigenvalue weighted by Crippen LogP contribution is -2.10. The van der Waals surface area contributed by atoms with Crippen LogP contribution in [0.3, 0.4) is 0 Å². The highest BCUT2D eigenvalue weighted by Crippen LogP contribution is 2.38. The first kappa shape index (κ1) is 32.7. The Hall–Kier alpha value is -6.45. The third kappa shape index (κ3) is 6.69. The zero-order chi connectivity index (χ0) is 35.6. The molecule has 3 nitrogen and oxygen atoms in total. The van der Waals surface area contributed by atoms with Gasteiger partial charge in [0, 0.05) is 17.1 Å². The van der Waals surface area contributed by atoms with E-state index in [0.29, 0.717) is 17.2 Å². The molecule has 0 heterocycles. The third-order valence-electron chi connectivity index (χ3n) is 9.87. The third-order valence-corrected chi connectivity index (χ3v) is 9.87. The molecule has 0 N–H and O–H groups in total. The lowest BCUT2D eigenvalue weighted by atomic mass is 9.94. The summed E-state index contributed by atoms with van der Waals surface area (Å²) in [5.74, 6) is 0.598. The van der Waals surface area contributed by atoms with Crippen molar-refractivity contribution in [2.75, 3.05) is 4.90 Å². The van der Waals surface area contributed by atoms with Crippen molar-refractivity contribution in [3.8, 4) is 28.0 Å². The van der Waals surface area contributed by atoms with E-state index in [9.17, 15) is 4.79 Å². The molecule has 8 rings (SSSR count). The molecule has 0 aliphatic rings. The van der Waals surface area contributed by atoms with E-state index in [-0.39, 0.29) is 5.97 Å². The molecular weight excluding hydrogens is 635 g/mol. The van der Waals surface area contributed by atoms with Crippen molar-refractivity contribution in [1.82, 2.24) is 0 Å². The molecule has 0 saturated carbocycles. The van der Waals surface area contributed by atoms with Crippen LogP contribution in [0.15, 0.2) is 176 Å². The van der Waals surface area contributed by atoms with Crippen LogP contribution in [0, 0.1) is 6.92 Å². The van der Waals surface area contributed by atoms with Crippen molar-refractivity contribution >= 4 is 44.6 Å². The van der Waals surface area contributed by atoms with Crippen molar-refractivity contribution < 1.29 is 9.53 Å². The van der Waals surface area contributed by atoms with E-state index in [0.717, 1.165) is 33.8 Å². The molecule has 8 aromatic rings. The Morgan fingerprint density at radius 3 is 1.56 bits per heavy atom. The van der Waals surface area contributed by atoms with Crippen LogP contribution in [0.5, 0.6) is 5.75 Å². The van der Waals surface area contributed by atoms with E-state index in [1.807, 2.05) is 48.5 Å². The number of hydrogen-bond acceptors (Lipinski definition) is 3. The maximum Gasteiger partial charge on any atom is 0.343 e. The molecule has 0 aliphatic carbocycles. The first-order valence-corrected chi connectivity index (χ1v) is 17.8. The number of hydrogen-bond donors (Lipinski definition) is 0. The number of ether oxygens (including phenoxy) is 1. The second-order valence-corrected chi connectivity index (χ2v) is 13.7. The fourth-order valence-corrected chi connectivity index (χ4v) is 6.86. The summed E-state index contributed by atoms with van der Waals surface area (Å²) < 4.78 is 5.76. The summed E-state index contributed by atoms with van der Waals surface area (Å²) in [6.07, 6.45) is 0. The molecule has 0 fully saturated rings. The molecule has 0 aromatic heterocycles. The minimum Gasteiger partial charge on any atom is -0.423 e. The van der Waals surface area contributed by atoms with E-state index in [4.69, 9.17) is 4.74 Å². The van der Waals surface area contributed by atoms with Gasteiger partial charge in [-0.2, -0.15) is 0 Å². The van der Waals surface area contributed by atoms with Gasteiger partial charge in [-0.25, -0.2) is 4.79 Å². The fourth-order valence-electron chi connectivity index (χ4n) is 6.86. The summed E-state index contributed by atoms with van der Waals surface area (Å²) in [5, 5.41) is 4.81. The van der Waals surface area contributed by atoms with Crippen LogP contribution in [0.1, 0.15) is 41.3 Å². The lowest BCUT2D eigenvalue weighted by Gasteiger charge is -2.26. The first-order chi connectivity index (χ1) is 25.4. The van der Waals surface area contributed by atoms with E-state index in [2.05, 4.69) is 153 Å². The van der Waals surface area contributed by atoms with Crippen molar-refractivity contribution in [3.63, 3.8) is 0 Å². The number of anilines is 3. The van der Waals surface area contributed by atoms with Crippen molar-refractivity contribution in [2.24, 2.45) is 0 Å². The summed E-state index contributed by atoms with van der Waals surface area (Å²) in [6.45, 7) is 6.53. The summed E-state index contributed by atoms with van der Waals surface area (Å²) in [6, 6.07) is 60.7. The molecule has 0 amide bonds. The summed E-state index contributed by atoms with van der Waals surface area (Å²) in [4.78, 5) is 15.4. The van der Waals surface area contributed by atoms with Crippen LogP contribution < -0.4 is 9.64 Å². The van der Waals surface area contributed by atoms with E-state index in [1.165, 1.54) is 38.2 Å².